The Morgan fingerprint density at radius 3 is 3.17 bits per heavy atom. The fraction of sp³-hybridized carbons (Fsp3) is 0.538. The second-order valence-electron chi connectivity index (χ2n) is 4.62. The molecule has 100 valence electrons. The van der Waals surface area contributed by atoms with E-state index in [1.807, 2.05) is 0 Å². The molecule has 0 radical (unpaired) electrons. The van der Waals surface area contributed by atoms with Crippen molar-refractivity contribution in [2.45, 2.75) is 12.6 Å². The van der Waals surface area contributed by atoms with E-state index in [1.54, 1.807) is 12.1 Å². The highest BCUT2D eigenvalue weighted by atomic mass is 79.9. The van der Waals surface area contributed by atoms with Crippen molar-refractivity contribution in [2.75, 3.05) is 33.3 Å². The molecular formula is C13H18BrFN2O. The van der Waals surface area contributed by atoms with Crippen molar-refractivity contribution in [3.05, 3.63) is 34.1 Å². The maximum absolute atomic E-state index is 13.1. The van der Waals surface area contributed by atoms with Crippen LogP contribution in [0.4, 0.5) is 4.39 Å². The average Bonchev–Trinajstić information content (AvgIpc) is 2.34. The summed E-state index contributed by atoms with van der Waals surface area (Å²) in [5.41, 5.74) is 0.930. The lowest BCUT2D eigenvalue weighted by Gasteiger charge is -2.30. The molecule has 1 N–H and O–H groups in total. The fourth-order valence-corrected chi connectivity index (χ4v) is 2.42. The van der Waals surface area contributed by atoms with E-state index in [2.05, 4.69) is 33.2 Å². The van der Waals surface area contributed by atoms with Crippen LogP contribution in [0.15, 0.2) is 22.7 Å². The van der Waals surface area contributed by atoms with Crippen LogP contribution in [-0.2, 0) is 11.3 Å². The molecule has 1 aliphatic rings. The van der Waals surface area contributed by atoms with Crippen LogP contribution in [0, 0.1) is 5.82 Å². The monoisotopic (exact) mass is 316 g/mol. The van der Waals surface area contributed by atoms with Crippen LogP contribution in [0.1, 0.15) is 5.56 Å². The number of halogens is 2. The summed E-state index contributed by atoms with van der Waals surface area (Å²) in [7, 11) is 2.10. The standard InChI is InChI=1S/C13H18BrFN2O/c1-17-4-5-18-12(9-17)8-16-7-10-6-11(15)2-3-13(10)14/h2-3,6,12,16H,4-5,7-9H2,1H3/t12-/m0/s1. The van der Waals surface area contributed by atoms with Crippen molar-refractivity contribution in [2.24, 2.45) is 0 Å². The summed E-state index contributed by atoms with van der Waals surface area (Å²) in [4.78, 5) is 2.26. The molecule has 1 aromatic rings. The highest BCUT2D eigenvalue weighted by molar-refractivity contribution is 9.10. The third kappa shape index (κ3) is 4.02. The molecule has 1 atom stereocenters. The first-order valence-electron chi connectivity index (χ1n) is 6.10. The largest absolute Gasteiger partial charge is 0.374 e. The average molecular weight is 317 g/mol. The van der Waals surface area contributed by atoms with Gasteiger partial charge in [0, 0.05) is 30.7 Å². The van der Waals surface area contributed by atoms with Crippen molar-refractivity contribution < 1.29 is 9.13 Å². The molecule has 0 aliphatic carbocycles. The molecule has 18 heavy (non-hydrogen) atoms. The molecule has 1 aromatic carbocycles. The maximum Gasteiger partial charge on any atom is 0.123 e. The summed E-state index contributed by atoms with van der Waals surface area (Å²) < 4.78 is 19.7. The van der Waals surface area contributed by atoms with Crippen molar-refractivity contribution in [3.63, 3.8) is 0 Å². The molecule has 1 aliphatic heterocycles. The van der Waals surface area contributed by atoms with Gasteiger partial charge in [0.2, 0.25) is 0 Å². The molecule has 0 saturated carbocycles. The Morgan fingerprint density at radius 1 is 1.56 bits per heavy atom. The van der Waals surface area contributed by atoms with Crippen LogP contribution in [0.5, 0.6) is 0 Å². The Bertz CT molecular complexity index is 403. The molecule has 0 unspecified atom stereocenters. The van der Waals surface area contributed by atoms with Crippen molar-refractivity contribution in [1.29, 1.82) is 0 Å². The van der Waals surface area contributed by atoms with E-state index in [0.717, 1.165) is 36.3 Å². The number of ether oxygens (including phenoxy) is 1. The molecule has 0 bridgehead atoms. The predicted octanol–water partition coefficient (Wildman–Crippen LogP) is 2.01. The van der Waals surface area contributed by atoms with Crippen LogP contribution >= 0.6 is 15.9 Å². The first-order valence-corrected chi connectivity index (χ1v) is 6.89. The molecular weight excluding hydrogens is 299 g/mol. The zero-order valence-corrected chi connectivity index (χ0v) is 12.0. The first-order chi connectivity index (χ1) is 8.65. The summed E-state index contributed by atoms with van der Waals surface area (Å²) in [5, 5.41) is 3.31. The van der Waals surface area contributed by atoms with Crippen LogP contribution < -0.4 is 5.32 Å². The van der Waals surface area contributed by atoms with E-state index in [1.165, 1.54) is 6.07 Å². The molecule has 2 rings (SSSR count). The second kappa shape index (κ2) is 6.61. The Morgan fingerprint density at radius 2 is 2.39 bits per heavy atom. The third-order valence-corrected chi connectivity index (χ3v) is 3.81. The zero-order chi connectivity index (χ0) is 13.0. The number of hydrogen-bond acceptors (Lipinski definition) is 3. The van der Waals surface area contributed by atoms with E-state index >= 15 is 0 Å². The number of nitrogens with zero attached hydrogens (tertiary/aromatic N) is 1. The van der Waals surface area contributed by atoms with Gasteiger partial charge in [0.15, 0.2) is 0 Å². The number of benzene rings is 1. The van der Waals surface area contributed by atoms with Crippen LogP contribution in [0.3, 0.4) is 0 Å². The van der Waals surface area contributed by atoms with E-state index in [4.69, 9.17) is 4.74 Å². The lowest BCUT2D eigenvalue weighted by molar-refractivity contribution is -0.0182. The predicted molar refractivity (Wildman–Crippen MR) is 73.0 cm³/mol. The van der Waals surface area contributed by atoms with Crippen molar-refractivity contribution in [1.82, 2.24) is 10.2 Å². The Kier molecular flexibility index (Phi) is 5.12. The molecule has 0 amide bonds. The summed E-state index contributed by atoms with van der Waals surface area (Å²) in [6, 6.07) is 4.73. The Hall–Kier alpha value is -0.490. The van der Waals surface area contributed by atoms with Gasteiger partial charge < -0.3 is 15.0 Å². The highest BCUT2D eigenvalue weighted by Gasteiger charge is 2.16. The van der Waals surface area contributed by atoms with E-state index in [9.17, 15) is 4.39 Å². The van der Waals surface area contributed by atoms with Gasteiger partial charge >= 0.3 is 0 Å². The molecule has 1 heterocycles. The quantitative estimate of drug-likeness (QED) is 0.919. The Labute approximate surface area is 115 Å². The third-order valence-electron chi connectivity index (χ3n) is 3.04. The summed E-state index contributed by atoms with van der Waals surface area (Å²) in [6.07, 6.45) is 0.219. The zero-order valence-electron chi connectivity index (χ0n) is 10.5. The van der Waals surface area contributed by atoms with Gasteiger partial charge in [-0.2, -0.15) is 0 Å². The summed E-state index contributed by atoms with van der Waals surface area (Å²) >= 11 is 3.42. The van der Waals surface area contributed by atoms with Gasteiger partial charge in [0.05, 0.1) is 12.7 Å². The number of hydrogen-bond donors (Lipinski definition) is 1. The van der Waals surface area contributed by atoms with Gasteiger partial charge in [-0.25, -0.2) is 4.39 Å². The first kappa shape index (κ1) is 13.9. The minimum atomic E-state index is -0.205. The molecule has 1 saturated heterocycles. The second-order valence-corrected chi connectivity index (χ2v) is 5.48. The molecule has 5 heteroatoms. The van der Waals surface area contributed by atoms with Gasteiger partial charge in [0.1, 0.15) is 5.82 Å². The molecule has 1 fully saturated rings. The van der Waals surface area contributed by atoms with Gasteiger partial charge in [-0.15, -0.1) is 0 Å². The smallest absolute Gasteiger partial charge is 0.123 e. The van der Waals surface area contributed by atoms with E-state index in [-0.39, 0.29) is 11.9 Å². The lowest BCUT2D eigenvalue weighted by atomic mass is 10.2. The topological polar surface area (TPSA) is 24.5 Å². The Balaban J connectivity index is 1.79. The minimum absolute atomic E-state index is 0.205. The maximum atomic E-state index is 13.1. The van der Waals surface area contributed by atoms with Crippen LogP contribution in [-0.4, -0.2) is 44.3 Å². The fourth-order valence-electron chi connectivity index (χ4n) is 2.04. The minimum Gasteiger partial charge on any atom is -0.374 e. The lowest BCUT2D eigenvalue weighted by Crippen LogP contribution is -2.44. The van der Waals surface area contributed by atoms with E-state index < -0.39 is 0 Å². The van der Waals surface area contributed by atoms with Crippen molar-refractivity contribution in [3.8, 4) is 0 Å². The van der Waals surface area contributed by atoms with Crippen molar-refractivity contribution >= 4 is 15.9 Å². The summed E-state index contributed by atoms with van der Waals surface area (Å²) in [5.74, 6) is -0.205. The number of morpholine rings is 1. The SMILES string of the molecule is CN1CCO[C@@H](CNCc2cc(F)ccc2Br)C1. The van der Waals surface area contributed by atoms with Crippen LogP contribution in [0.25, 0.3) is 0 Å². The van der Waals surface area contributed by atoms with E-state index in [0.29, 0.717) is 6.54 Å². The van der Waals surface area contributed by atoms with Gasteiger partial charge in [-0.1, -0.05) is 15.9 Å². The summed E-state index contributed by atoms with van der Waals surface area (Å²) in [6.45, 7) is 4.14. The molecule has 0 aromatic heterocycles. The van der Waals surface area contributed by atoms with Gasteiger partial charge in [0.25, 0.3) is 0 Å². The van der Waals surface area contributed by atoms with Crippen LogP contribution in [0.2, 0.25) is 0 Å². The molecule has 0 spiro atoms. The number of nitrogens with one attached hydrogen (secondary N) is 1. The van der Waals surface area contributed by atoms with Gasteiger partial charge in [-0.05, 0) is 30.8 Å². The normalized spacial score (nSPS) is 21.2. The highest BCUT2D eigenvalue weighted by Crippen LogP contribution is 2.17. The molecule has 3 nitrogen and oxygen atoms in total. The number of rotatable bonds is 4. The number of likely N-dealkylation sites (N-methyl/N-ethyl adjacent to an activating group) is 1. The van der Waals surface area contributed by atoms with Gasteiger partial charge in [-0.3, -0.25) is 0 Å².